The molecule has 0 amide bonds. The van der Waals surface area contributed by atoms with Gasteiger partial charge >= 0.3 is 0 Å². The van der Waals surface area contributed by atoms with E-state index in [0.29, 0.717) is 0 Å². The third kappa shape index (κ3) is 2.40. The first-order valence-electron chi connectivity index (χ1n) is 3.91. The second-order valence-corrected chi connectivity index (χ2v) is 5.88. The summed E-state index contributed by atoms with van der Waals surface area (Å²) >= 11 is -2.14. The molecule has 0 aliphatic carbocycles. The fourth-order valence-corrected chi connectivity index (χ4v) is 2.37. The van der Waals surface area contributed by atoms with E-state index >= 15 is 0 Å². The lowest BCUT2D eigenvalue weighted by molar-refractivity contribution is 0.564. The summed E-state index contributed by atoms with van der Waals surface area (Å²) < 4.78 is 42.2. The number of hydrogen-bond acceptors (Lipinski definition) is 3. The summed E-state index contributed by atoms with van der Waals surface area (Å²) in [5, 5.41) is 0. The molecule has 1 unspecified atom stereocenters. The van der Waals surface area contributed by atoms with Crippen LogP contribution in [0.3, 0.4) is 0 Å². The molecule has 6 heteroatoms. The molecular weight excluding hydrogens is 224 g/mol. The molecule has 0 fully saturated rings. The Morgan fingerprint density at radius 1 is 1.43 bits per heavy atom. The molecule has 1 atom stereocenters. The number of rotatable bonds is 3. The maximum atomic E-state index is 11.4. The van der Waals surface area contributed by atoms with Crippen molar-refractivity contribution in [1.82, 2.24) is 0 Å². The molecule has 0 saturated carbocycles. The van der Waals surface area contributed by atoms with E-state index in [1.807, 2.05) is 0 Å². The van der Waals surface area contributed by atoms with Crippen molar-refractivity contribution < 1.29 is 17.2 Å². The first-order valence-corrected chi connectivity index (χ1v) is 6.67. The predicted molar refractivity (Wildman–Crippen MR) is 53.2 cm³/mol. The second kappa shape index (κ2) is 4.20. The van der Waals surface area contributed by atoms with E-state index in [2.05, 4.69) is 0 Å². The zero-order chi connectivity index (χ0) is 10.8. The Balaban J connectivity index is 3.26. The van der Waals surface area contributed by atoms with Crippen LogP contribution < -0.4 is 0 Å². The van der Waals surface area contributed by atoms with Crippen LogP contribution in [0.25, 0.3) is 0 Å². The highest BCUT2D eigenvalue weighted by molar-refractivity contribution is 7.91. The highest BCUT2D eigenvalue weighted by atomic mass is 32.2. The van der Waals surface area contributed by atoms with Gasteiger partial charge in [0.2, 0.25) is 0 Å². The monoisotopic (exact) mass is 234 g/mol. The summed E-state index contributed by atoms with van der Waals surface area (Å²) in [6.45, 7) is 1.53. The minimum Gasteiger partial charge on any atom is -0.302 e. The van der Waals surface area contributed by atoms with Crippen LogP contribution in [0, 0.1) is 0 Å². The summed E-state index contributed by atoms with van der Waals surface area (Å²) in [5.74, 6) is -0.0193. The molecule has 1 aromatic carbocycles. The van der Waals surface area contributed by atoms with Crippen LogP contribution in [0.2, 0.25) is 0 Å². The van der Waals surface area contributed by atoms with Crippen molar-refractivity contribution in [3.8, 4) is 0 Å². The number of sulfone groups is 1. The normalized spacial score (nSPS) is 13.9. The Kier molecular flexibility index (Phi) is 3.41. The smallest absolute Gasteiger partial charge is 0.186 e. The third-order valence-electron chi connectivity index (χ3n) is 1.75. The van der Waals surface area contributed by atoms with Crippen molar-refractivity contribution in [2.24, 2.45) is 0 Å². The minimum absolute atomic E-state index is 0.0193. The predicted octanol–water partition coefficient (Wildman–Crippen LogP) is 1.06. The maximum Gasteiger partial charge on any atom is 0.186 e. The highest BCUT2D eigenvalue weighted by Gasteiger charge is 2.12. The zero-order valence-corrected chi connectivity index (χ0v) is 9.14. The van der Waals surface area contributed by atoms with Crippen LogP contribution in [0.1, 0.15) is 6.92 Å². The Hall–Kier alpha value is -0.720. The average Bonchev–Trinajstić information content (AvgIpc) is 2.18. The fourth-order valence-electron chi connectivity index (χ4n) is 0.943. The lowest BCUT2D eigenvalue weighted by atomic mass is 10.4. The lowest BCUT2D eigenvalue weighted by Gasteiger charge is -2.01. The molecule has 0 aliphatic heterocycles. The van der Waals surface area contributed by atoms with Crippen molar-refractivity contribution >= 4 is 20.9 Å². The molecule has 1 rings (SSSR count). The van der Waals surface area contributed by atoms with Crippen LogP contribution in [0.4, 0.5) is 0 Å². The third-order valence-corrected chi connectivity index (χ3v) is 4.14. The van der Waals surface area contributed by atoms with Gasteiger partial charge < -0.3 is 4.55 Å². The molecule has 14 heavy (non-hydrogen) atoms. The molecule has 1 aromatic rings. The van der Waals surface area contributed by atoms with E-state index in [1.54, 1.807) is 0 Å². The average molecular weight is 234 g/mol. The number of benzene rings is 1. The number of hydrogen-bond donors (Lipinski definition) is 1. The summed E-state index contributed by atoms with van der Waals surface area (Å²) in [7, 11) is -3.30. The van der Waals surface area contributed by atoms with Gasteiger partial charge in [0.25, 0.3) is 0 Å². The van der Waals surface area contributed by atoms with E-state index in [1.165, 1.54) is 31.2 Å². The summed E-state index contributed by atoms with van der Waals surface area (Å²) in [4.78, 5) is 0.180. The van der Waals surface area contributed by atoms with Gasteiger partial charge in [0.05, 0.1) is 15.5 Å². The quantitative estimate of drug-likeness (QED) is 0.794. The van der Waals surface area contributed by atoms with Crippen molar-refractivity contribution in [1.29, 1.82) is 0 Å². The first-order chi connectivity index (χ1) is 6.47. The second-order valence-electron chi connectivity index (χ2n) is 2.63. The molecule has 0 aliphatic rings. The molecule has 0 saturated heterocycles. The Bertz CT molecular complexity index is 450. The molecule has 78 valence electrons. The molecule has 1 N–H and O–H groups in total. The van der Waals surface area contributed by atoms with E-state index < -0.39 is 20.9 Å². The van der Waals surface area contributed by atoms with Crippen LogP contribution in [-0.4, -0.2) is 22.9 Å². The molecule has 0 bridgehead atoms. The Morgan fingerprint density at radius 2 is 2.07 bits per heavy atom. The molecule has 0 spiro atoms. The van der Waals surface area contributed by atoms with E-state index in [0.717, 1.165) is 0 Å². The van der Waals surface area contributed by atoms with Crippen LogP contribution >= 0.6 is 0 Å². The molecule has 0 aromatic heterocycles. The summed E-state index contributed by atoms with van der Waals surface area (Å²) in [6.07, 6.45) is 0. The highest BCUT2D eigenvalue weighted by Crippen LogP contribution is 2.14. The SMILES string of the molecule is CCS(=O)(=O)c1cccc(S(=O)O)c1. The maximum absolute atomic E-state index is 11.4. The fraction of sp³-hybridized carbons (Fsp3) is 0.250. The van der Waals surface area contributed by atoms with Crippen LogP contribution in [0.5, 0.6) is 0 Å². The van der Waals surface area contributed by atoms with Crippen LogP contribution in [0.15, 0.2) is 34.1 Å². The van der Waals surface area contributed by atoms with E-state index in [-0.39, 0.29) is 15.5 Å². The van der Waals surface area contributed by atoms with Gasteiger partial charge in [-0.3, -0.25) is 0 Å². The largest absolute Gasteiger partial charge is 0.302 e. The van der Waals surface area contributed by atoms with Crippen LogP contribution in [-0.2, 0) is 20.9 Å². The Labute approximate surface area is 85.2 Å². The van der Waals surface area contributed by atoms with Gasteiger partial charge in [-0.2, -0.15) is 0 Å². The van der Waals surface area contributed by atoms with E-state index in [9.17, 15) is 12.6 Å². The van der Waals surface area contributed by atoms with Gasteiger partial charge in [0, 0.05) is 0 Å². The molecular formula is C8H10O4S2. The zero-order valence-electron chi connectivity index (χ0n) is 7.50. The minimum atomic E-state index is -3.30. The lowest BCUT2D eigenvalue weighted by Crippen LogP contribution is -2.04. The van der Waals surface area contributed by atoms with Crippen molar-refractivity contribution in [2.75, 3.05) is 5.75 Å². The topological polar surface area (TPSA) is 71.4 Å². The standard InChI is InChI=1S/C8H10O4S2/c1-2-14(11,12)8-5-3-4-7(6-8)13(9)10/h3-6H,2H2,1H3,(H,9,10). The van der Waals surface area contributed by atoms with Crippen molar-refractivity contribution in [2.45, 2.75) is 16.7 Å². The van der Waals surface area contributed by atoms with Crippen molar-refractivity contribution in [3.63, 3.8) is 0 Å². The molecule has 0 heterocycles. The first kappa shape index (κ1) is 11.4. The van der Waals surface area contributed by atoms with E-state index in [4.69, 9.17) is 4.55 Å². The van der Waals surface area contributed by atoms with Gasteiger partial charge in [-0.15, -0.1) is 0 Å². The summed E-state index contributed by atoms with van der Waals surface area (Å²) in [6, 6.07) is 5.49. The van der Waals surface area contributed by atoms with Gasteiger partial charge in [-0.05, 0) is 18.2 Å². The summed E-state index contributed by atoms with van der Waals surface area (Å²) in [5.41, 5.74) is 0. The van der Waals surface area contributed by atoms with Gasteiger partial charge in [0.15, 0.2) is 20.9 Å². The van der Waals surface area contributed by atoms with Crippen molar-refractivity contribution in [3.05, 3.63) is 24.3 Å². The Morgan fingerprint density at radius 3 is 2.57 bits per heavy atom. The van der Waals surface area contributed by atoms with Gasteiger partial charge in [0.1, 0.15) is 0 Å². The molecule has 0 radical (unpaired) electrons. The molecule has 4 nitrogen and oxygen atoms in total. The van der Waals surface area contributed by atoms with Gasteiger partial charge in [-0.1, -0.05) is 13.0 Å². The van der Waals surface area contributed by atoms with Gasteiger partial charge in [-0.25, -0.2) is 12.6 Å².